The summed E-state index contributed by atoms with van der Waals surface area (Å²) in [4.78, 5) is 5.58. The van der Waals surface area contributed by atoms with Crippen molar-refractivity contribution in [2.24, 2.45) is 0 Å². The molecule has 0 aliphatic carbocycles. The Morgan fingerprint density at radius 1 is 1.03 bits per heavy atom. The molecule has 1 saturated heterocycles. The van der Waals surface area contributed by atoms with Crippen LogP contribution in [0, 0.1) is 0 Å². The van der Waals surface area contributed by atoms with Crippen LogP contribution in [0.25, 0.3) is 0 Å². The second kappa shape index (κ2) is 7.57. The third kappa shape index (κ3) is 3.67. The summed E-state index contributed by atoms with van der Waals surface area (Å²) in [6.45, 7) is 10.2. The van der Waals surface area contributed by atoms with Crippen LogP contribution in [-0.4, -0.2) is 48.8 Å². The van der Waals surface area contributed by atoms with Gasteiger partial charge in [0.15, 0.2) is 0 Å². The molecule has 1 unspecified atom stereocenters. The third-order valence-corrected chi connectivity index (χ3v) is 7.42. The molecular weight excluding hydrogens is 400 g/mol. The molecule has 2 heterocycles. The van der Waals surface area contributed by atoms with Gasteiger partial charge in [0.1, 0.15) is 4.99 Å². The molecular formula is C24H29ClN2OS. The Kier molecular flexibility index (Phi) is 5.39. The molecule has 2 aliphatic rings. The minimum absolute atomic E-state index is 0.0353. The fourth-order valence-corrected chi connectivity index (χ4v) is 5.27. The van der Waals surface area contributed by atoms with E-state index in [9.17, 15) is 0 Å². The Balaban J connectivity index is 1.82. The van der Waals surface area contributed by atoms with E-state index < -0.39 is 0 Å². The first-order valence-corrected chi connectivity index (χ1v) is 11.0. The average Bonchev–Trinajstić information content (AvgIpc) is 2.72. The van der Waals surface area contributed by atoms with Gasteiger partial charge in [0, 0.05) is 47.4 Å². The number of morpholine rings is 1. The molecule has 29 heavy (non-hydrogen) atoms. The number of ether oxygens (including phenoxy) is 1. The van der Waals surface area contributed by atoms with Crippen molar-refractivity contribution in [1.29, 1.82) is 0 Å². The Bertz CT molecular complexity index is 921. The summed E-state index contributed by atoms with van der Waals surface area (Å²) in [5.74, 6) is 0. The van der Waals surface area contributed by atoms with Crippen molar-refractivity contribution in [3.05, 3.63) is 64.2 Å². The van der Waals surface area contributed by atoms with Crippen molar-refractivity contribution >= 4 is 34.5 Å². The quantitative estimate of drug-likeness (QED) is 0.605. The van der Waals surface area contributed by atoms with Crippen molar-refractivity contribution in [3.8, 4) is 0 Å². The first kappa shape index (κ1) is 20.6. The van der Waals surface area contributed by atoms with E-state index in [4.69, 9.17) is 28.6 Å². The highest BCUT2D eigenvalue weighted by molar-refractivity contribution is 7.80. The van der Waals surface area contributed by atoms with Crippen LogP contribution in [0.15, 0.2) is 42.5 Å². The number of nitrogens with zero attached hydrogens (tertiary/aromatic N) is 2. The first-order valence-electron chi connectivity index (χ1n) is 10.2. The summed E-state index contributed by atoms with van der Waals surface area (Å²) in [6.07, 6.45) is 1.01. The minimum atomic E-state index is -0.118. The van der Waals surface area contributed by atoms with Gasteiger partial charge < -0.3 is 14.5 Å². The highest BCUT2D eigenvalue weighted by Gasteiger charge is 2.44. The molecule has 0 radical (unpaired) electrons. The Morgan fingerprint density at radius 2 is 1.69 bits per heavy atom. The smallest absolute Gasteiger partial charge is 0.109 e. The Hall–Kier alpha value is -1.62. The van der Waals surface area contributed by atoms with E-state index in [1.54, 1.807) is 0 Å². The van der Waals surface area contributed by atoms with Crippen LogP contribution in [0.1, 0.15) is 43.9 Å². The van der Waals surface area contributed by atoms with Gasteiger partial charge in [-0.25, -0.2) is 0 Å². The van der Waals surface area contributed by atoms with Crippen LogP contribution in [0.2, 0.25) is 5.02 Å². The van der Waals surface area contributed by atoms with E-state index in [0.717, 1.165) is 48.3 Å². The van der Waals surface area contributed by atoms with Gasteiger partial charge in [0.2, 0.25) is 0 Å². The van der Waals surface area contributed by atoms with Crippen LogP contribution in [0.4, 0.5) is 5.69 Å². The minimum Gasteiger partial charge on any atom is -0.378 e. The van der Waals surface area contributed by atoms with Crippen molar-refractivity contribution < 1.29 is 4.74 Å². The molecule has 1 fully saturated rings. The van der Waals surface area contributed by atoms with Gasteiger partial charge in [-0.05, 0) is 61.7 Å². The lowest BCUT2D eigenvalue weighted by atomic mass is 9.65. The van der Waals surface area contributed by atoms with Gasteiger partial charge >= 0.3 is 0 Å². The monoisotopic (exact) mass is 428 g/mol. The van der Waals surface area contributed by atoms with E-state index in [2.05, 4.69) is 68.0 Å². The summed E-state index contributed by atoms with van der Waals surface area (Å²) in [5.41, 5.74) is 4.93. The van der Waals surface area contributed by atoms with Crippen molar-refractivity contribution in [2.45, 2.75) is 38.1 Å². The SMILES string of the molecule is CN1c2ccc(C(=S)N3CCOCC3)cc2C(C)(c2ccc(Cl)cc2)CC1(C)C. The lowest BCUT2D eigenvalue weighted by Gasteiger charge is -2.51. The molecule has 0 saturated carbocycles. The zero-order valence-corrected chi connectivity index (χ0v) is 19.2. The molecule has 0 amide bonds. The van der Waals surface area contributed by atoms with Gasteiger partial charge in [-0.3, -0.25) is 0 Å². The van der Waals surface area contributed by atoms with Crippen molar-refractivity contribution in [1.82, 2.24) is 4.90 Å². The van der Waals surface area contributed by atoms with E-state index in [-0.39, 0.29) is 11.0 Å². The van der Waals surface area contributed by atoms with Gasteiger partial charge in [-0.2, -0.15) is 0 Å². The maximum absolute atomic E-state index is 6.19. The predicted molar refractivity (Wildman–Crippen MR) is 126 cm³/mol. The van der Waals surface area contributed by atoms with Crippen molar-refractivity contribution in [3.63, 3.8) is 0 Å². The average molecular weight is 429 g/mol. The molecule has 3 nitrogen and oxygen atoms in total. The topological polar surface area (TPSA) is 15.7 Å². The van der Waals surface area contributed by atoms with E-state index in [0.29, 0.717) is 0 Å². The summed E-state index contributed by atoms with van der Waals surface area (Å²) < 4.78 is 5.50. The molecule has 4 rings (SSSR count). The number of benzene rings is 2. The lowest BCUT2D eigenvalue weighted by Crippen LogP contribution is -2.51. The maximum Gasteiger partial charge on any atom is 0.109 e. The van der Waals surface area contributed by atoms with Crippen LogP contribution in [0.3, 0.4) is 0 Å². The number of anilines is 1. The van der Waals surface area contributed by atoms with E-state index in [1.165, 1.54) is 16.8 Å². The number of hydrogen-bond acceptors (Lipinski definition) is 3. The summed E-state index contributed by atoms with van der Waals surface area (Å²) in [7, 11) is 2.19. The third-order valence-electron chi connectivity index (χ3n) is 6.67. The molecule has 0 N–H and O–H groups in total. The zero-order valence-electron chi connectivity index (χ0n) is 17.7. The van der Waals surface area contributed by atoms with Crippen molar-refractivity contribution in [2.75, 3.05) is 38.3 Å². The van der Waals surface area contributed by atoms with Gasteiger partial charge in [0.25, 0.3) is 0 Å². The lowest BCUT2D eigenvalue weighted by molar-refractivity contribution is 0.0693. The molecule has 0 aromatic heterocycles. The molecule has 2 aromatic rings. The first-order chi connectivity index (χ1) is 13.7. The Morgan fingerprint density at radius 3 is 2.34 bits per heavy atom. The molecule has 154 valence electrons. The highest BCUT2D eigenvalue weighted by atomic mass is 35.5. The normalized spacial score (nSPS) is 23.6. The number of hydrogen-bond donors (Lipinski definition) is 0. The molecule has 1 atom stereocenters. The standard InChI is InChI=1S/C24H29ClN2OS/c1-23(2)16-24(3,18-6-8-19(25)9-7-18)20-15-17(5-10-21(20)26(23)4)22(29)27-11-13-28-14-12-27/h5-10,15H,11-14,16H2,1-4H3. The summed E-state index contributed by atoms with van der Waals surface area (Å²) in [5, 5.41) is 0.770. The predicted octanol–water partition coefficient (Wildman–Crippen LogP) is 5.27. The number of thiocarbonyl (C=S) groups is 1. The molecule has 2 aromatic carbocycles. The highest BCUT2D eigenvalue weighted by Crippen LogP contribution is 2.50. The molecule has 0 bridgehead atoms. The number of halogens is 1. The molecule has 5 heteroatoms. The summed E-state index contributed by atoms with van der Waals surface area (Å²) >= 11 is 12.1. The van der Waals surface area contributed by atoms with Gasteiger partial charge in [-0.15, -0.1) is 0 Å². The van der Waals surface area contributed by atoms with Crippen LogP contribution in [-0.2, 0) is 10.2 Å². The fourth-order valence-electron chi connectivity index (χ4n) is 4.83. The molecule has 2 aliphatic heterocycles. The van der Waals surface area contributed by atoms with E-state index >= 15 is 0 Å². The summed E-state index contributed by atoms with van der Waals surface area (Å²) in [6, 6.07) is 15.1. The number of fused-ring (bicyclic) bond motifs is 1. The second-order valence-electron chi connectivity index (χ2n) is 9.02. The fraction of sp³-hybridized carbons (Fsp3) is 0.458. The van der Waals surface area contributed by atoms with Crippen LogP contribution < -0.4 is 4.90 Å². The second-order valence-corrected chi connectivity index (χ2v) is 9.85. The Labute approximate surface area is 184 Å². The van der Waals surface area contributed by atoms with Gasteiger partial charge in [0.05, 0.1) is 13.2 Å². The van der Waals surface area contributed by atoms with Crippen LogP contribution >= 0.6 is 23.8 Å². The van der Waals surface area contributed by atoms with Crippen LogP contribution in [0.5, 0.6) is 0 Å². The maximum atomic E-state index is 6.19. The van der Waals surface area contributed by atoms with E-state index in [1.807, 2.05) is 12.1 Å². The molecule has 0 spiro atoms. The largest absolute Gasteiger partial charge is 0.378 e. The van der Waals surface area contributed by atoms with Gasteiger partial charge in [-0.1, -0.05) is 42.9 Å². The number of rotatable bonds is 2. The zero-order chi connectivity index (χ0) is 20.8.